The SMILES string of the molecule is O=C1CCc2cc(S(=O)(=O)N3CC4(CC4)c4ccccc43)c(F)cc2N1. The number of nitrogens with zero attached hydrogens (tertiary/aromatic N) is 1. The second kappa shape index (κ2) is 5.07. The highest BCUT2D eigenvalue weighted by molar-refractivity contribution is 7.92. The molecule has 0 atom stereocenters. The molecule has 1 spiro atoms. The number of fused-ring (bicyclic) bond motifs is 3. The largest absolute Gasteiger partial charge is 0.326 e. The molecule has 0 unspecified atom stereocenters. The van der Waals surface area contributed by atoms with Gasteiger partial charge in [0.1, 0.15) is 10.7 Å². The number of rotatable bonds is 2. The second-order valence-electron chi connectivity index (χ2n) is 7.30. The summed E-state index contributed by atoms with van der Waals surface area (Å²) in [5.74, 6) is -1.02. The number of anilines is 2. The van der Waals surface area contributed by atoms with Gasteiger partial charge in [0.25, 0.3) is 10.0 Å². The molecule has 2 aliphatic heterocycles. The van der Waals surface area contributed by atoms with Crippen molar-refractivity contribution in [3.8, 4) is 0 Å². The van der Waals surface area contributed by atoms with E-state index in [1.807, 2.05) is 18.2 Å². The number of amides is 1. The molecule has 134 valence electrons. The lowest BCUT2D eigenvalue weighted by atomic mass is 9.99. The average Bonchev–Trinajstić information content (AvgIpc) is 3.31. The molecule has 0 bridgehead atoms. The fourth-order valence-electron chi connectivity index (χ4n) is 4.07. The maximum absolute atomic E-state index is 14.7. The van der Waals surface area contributed by atoms with Gasteiger partial charge in [0, 0.05) is 24.1 Å². The van der Waals surface area contributed by atoms with Crippen molar-refractivity contribution in [3.63, 3.8) is 0 Å². The molecule has 5 rings (SSSR count). The molecule has 26 heavy (non-hydrogen) atoms. The molecule has 1 saturated carbocycles. The standard InChI is InChI=1S/C19H17FN2O3S/c20-14-10-15-12(5-6-18(23)21-15)9-17(14)26(24,25)22-11-19(7-8-19)13-3-1-2-4-16(13)22/h1-4,9-10H,5-8,11H2,(H,21,23). The van der Waals surface area contributed by atoms with Crippen molar-refractivity contribution in [1.29, 1.82) is 0 Å². The minimum atomic E-state index is -4.02. The molecule has 7 heteroatoms. The highest BCUT2D eigenvalue weighted by Gasteiger charge is 2.54. The van der Waals surface area contributed by atoms with Crippen LogP contribution in [0.15, 0.2) is 41.3 Å². The summed E-state index contributed by atoms with van der Waals surface area (Å²) < 4.78 is 42.6. The number of para-hydroxylation sites is 1. The molecule has 5 nitrogen and oxygen atoms in total. The highest BCUT2D eigenvalue weighted by Crippen LogP contribution is 2.57. The Morgan fingerprint density at radius 2 is 1.88 bits per heavy atom. The van der Waals surface area contributed by atoms with Crippen molar-refractivity contribution in [2.45, 2.75) is 36.0 Å². The predicted octanol–water partition coefficient (Wildman–Crippen LogP) is 2.95. The fraction of sp³-hybridized carbons (Fsp3) is 0.316. The first-order valence-corrected chi connectivity index (χ1v) is 10.1. The first kappa shape index (κ1) is 15.8. The molecule has 1 fully saturated rings. The smallest absolute Gasteiger partial charge is 0.267 e. The lowest BCUT2D eigenvalue weighted by Crippen LogP contribution is -2.32. The number of aryl methyl sites for hydroxylation is 1. The Morgan fingerprint density at radius 1 is 1.12 bits per heavy atom. The molecule has 2 heterocycles. The van der Waals surface area contributed by atoms with Gasteiger partial charge in [0.15, 0.2) is 0 Å². The number of hydrogen-bond acceptors (Lipinski definition) is 3. The van der Waals surface area contributed by atoms with Crippen LogP contribution in [0, 0.1) is 5.82 Å². The number of carbonyl (C=O) groups is 1. The molecule has 0 aromatic heterocycles. The van der Waals surface area contributed by atoms with Gasteiger partial charge in [-0.15, -0.1) is 0 Å². The van der Waals surface area contributed by atoms with E-state index in [2.05, 4.69) is 5.32 Å². The first-order valence-electron chi connectivity index (χ1n) is 8.65. The van der Waals surface area contributed by atoms with Gasteiger partial charge in [-0.2, -0.15) is 0 Å². The fourth-order valence-corrected chi connectivity index (χ4v) is 5.74. The Morgan fingerprint density at radius 3 is 2.65 bits per heavy atom. The van der Waals surface area contributed by atoms with E-state index in [0.717, 1.165) is 24.5 Å². The molecular weight excluding hydrogens is 355 g/mol. The Labute approximate surface area is 150 Å². The quantitative estimate of drug-likeness (QED) is 0.881. The van der Waals surface area contributed by atoms with Crippen molar-refractivity contribution in [2.75, 3.05) is 16.2 Å². The third-order valence-corrected chi connectivity index (χ3v) is 7.44. The molecule has 1 N–H and O–H groups in total. The third-order valence-electron chi connectivity index (χ3n) is 5.67. The summed E-state index contributed by atoms with van der Waals surface area (Å²) in [6.45, 7) is 0.363. The van der Waals surface area contributed by atoms with Crippen LogP contribution >= 0.6 is 0 Å². The molecule has 2 aromatic carbocycles. The molecule has 2 aromatic rings. The third kappa shape index (κ3) is 2.13. The average molecular weight is 372 g/mol. The number of benzene rings is 2. The normalized spacial score (nSPS) is 19.9. The molecule has 1 amide bonds. The predicted molar refractivity (Wildman–Crippen MR) is 95.2 cm³/mol. The minimum absolute atomic E-state index is 0.109. The van der Waals surface area contributed by atoms with Crippen LogP contribution in [0.5, 0.6) is 0 Å². The molecule has 1 aliphatic carbocycles. The number of hydrogen-bond donors (Lipinski definition) is 1. The van der Waals surface area contributed by atoms with Gasteiger partial charge in [-0.25, -0.2) is 12.8 Å². The Kier molecular flexibility index (Phi) is 3.08. The lowest BCUT2D eigenvalue weighted by Gasteiger charge is -2.23. The van der Waals surface area contributed by atoms with Gasteiger partial charge in [-0.05, 0) is 48.6 Å². The monoisotopic (exact) mass is 372 g/mol. The van der Waals surface area contributed by atoms with Crippen LogP contribution in [0.3, 0.4) is 0 Å². The highest BCUT2D eigenvalue weighted by atomic mass is 32.2. The van der Waals surface area contributed by atoms with Crippen molar-refractivity contribution < 1.29 is 17.6 Å². The number of sulfonamides is 1. The Balaban J connectivity index is 1.62. The van der Waals surface area contributed by atoms with E-state index in [0.29, 0.717) is 29.9 Å². The van der Waals surface area contributed by atoms with Gasteiger partial charge in [-0.3, -0.25) is 9.10 Å². The van der Waals surface area contributed by atoms with Gasteiger partial charge in [0.05, 0.1) is 5.69 Å². The number of nitrogens with one attached hydrogen (secondary N) is 1. The number of halogens is 1. The van der Waals surface area contributed by atoms with Crippen molar-refractivity contribution in [1.82, 2.24) is 0 Å². The Bertz CT molecular complexity index is 1060. The first-order chi connectivity index (χ1) is 12.4. The van der Waals surface area contributed by atoms with Gasteiger partial charge in [-0.1, -0.05) is 18.2 Å². The van der Waals surface area contributed by atoms with E-state index in [1.165, 1.54) is 10.4 Å². The zero-order valence-electron chi connectivity index (χ0n) is 14.0. The minimum Gasteiger partial charge on any atom is -0.326 e. The van der Waals surface area contributed by atoms with Crippen molar-refractivity contribution in [2.24, 2.45) is 0 Å². The zero-order chi connectivity index (χ0) is 18.1. The van der Waals surface area contributed by atoms with Crippen LogP contribution in [0.25, 0.3) is 0 Å². The summed E-state index contributed by atoms with van der Waals surface area (Å²) in [5, 5.41) is 2.60. The number of carbonyl (C=O) groups excluding carboxylic acids is 1. The van der Waals surface area contributed by atoms with Gasteiger partial charge >= 0.3 is 0 Å². The lowest BCUT2D eigenvalue weighted by molar-refractivity contribution is -0.116. The van der Waals surface area contributed by atoms with E-state index in [9.17, 15) is 17.6 Å². The van der Waals surface area contributed by atoms with Crippen LogP contribution in [0.2, 0.25) is 0 Å². The molecular formula is C19H17FN2O3S. The topological polar surface area (TPSA) is 66.5 Å². The zero-order valence-corrected chi connectivity index (χ0v) is 14.8. The van der Waals surface area contributed by atoms with Crippen molar-refractivity contribution >= 4 is 27.3 Å². The maximum atomic E-state index is 14.7. The maximum Gasteiger partial charge on any atom is 0.267 e. The molecule has 3 aliphatic rings. The van der Waals surface area contributed by atoms with Crippen LogP contribution in [-0.4, -0.2) is 20.9 Å². The van der Waals surface area contributed by atoms with Crippen LogP contribution in [0.1, 0.15) is 30.4 Å². The van der Waals surface area contributed by atoms with Crippen LogP contribution in [-0.2, 0) is 26.7 Å². The summed E-state index contributed by atoms with van der Waals surface area (Å²) in [6.07, 6.45) is 2.59. The van der Waals surface area contributed by atoms with Gasteiger partial charge < -0.3 is 5.32 Å². The van der Waals surface area contributed by atoms with E-state index in [4.69, 9.17) is 0 Å². The summed E-state index contributed by atoms with van der Waals surface area (Å²) in [5.41, 5.74) is 2.59. The molecule has 0 saturated heterocycles. The summed E-state index contributed by atoms with van der Waals surface area (Å²) in [6, 6.07) is 9.97. The van der Waals surface area contributed by atoms with E-state index < -0.39 is 15.8 Å². The van der Waals surface area contributed by atoms with Crippen LogP contribution in [0.4, 0.5) is 15.8 Å². The Hall–Kier alpha value is -2.41. The molecule has 0 radical (unpaired) electrons. The van der Waals surface area contributed by atoms with Gasteiger partial charge in [0.2, 0.25) is 5.91 Å². The summed E-state index contributed by atoms with van der Waals surface area (Å²) in [7, 11) is -4.02. The van der Waals surface area contributed by atoms with Crippen molar-refractivity contribution in [3.05, 3.63) is 53.3 Å². The summed E-state index contributed by atoms with van der Waals surface area (Å²) >= 11 is 0. The van der Waals surface area contributed by atoms with E-state index in [-0.39, 0.29) is 22.6 Å². The van der Waals surface area contributed by atoms with E-state index >= 15 is 0 Å². The van der Waals surface area contributed by atoms with E-state index in [1.54, 1.807) is 6.07 Å². The summed E-state index contributed by atoms with van der Waals surface area (Å²) in [4.78, 5) is 11.2. The van der Waals surface area contributed by atoms with Crippen LogP contribution < -0.4 is 9.62 Å². The second-order valence-corrected chi connectivity index (χ2v) is 9.13.